The van der Waals surface area contributed by atoms with Crippen LogP contribution < -0.4 is 10.5 Å². The fraction of sp³-hybridized carbons (Fsp3) is 0.375. The van der Waals surface area contributed by atoms with Gasteiger partial charge in [0, 0.05) is 6.20 Å². The molecule has 0 aliphatic rings. The van der Waals surface area contributed by atoms with Crippen molar-refractivity contribution >= 4 is 0 Å². The Balaban J connectivity index is 2.86. The number of aromatic nitrogens is 1. The summed E-state index contributed by atoms with van der Waals surface area (Å²) in [7, 11) is 1.56. The maximum absolute atomic E-state index is 8.76. The van der Waals surface area contributed by atoms with Gasteiger partial charge in [-0.1, -0.05) is 0 Å². The molecule has 0 radical (unpaired) electrons. The molecule has 3 N–H and O–H groups in total. The van der Waals surface area contributed by atoms with Crippen molar-refractivity contribution in [2.75, 3.05) is 13.7 Å². The van der Waals surface area contributed by atoms with Crippen LogP contribution in [0.4, 0.5) is 0 Å². The van der Waals surface area contributed by atoms with Crippen molar-refractivity contribution in [3.63, 3.8) is 0 Å². The van der Waals surface area contributed by atoms with Crippen LogP contribution in [0.2, 0.25) is 0 Å². The van der Waals surface area contributed by atoms with Crippen molar-refractivity contribution in [1.29, 1.82) is 0 Å². The summed E-state index contributed by atoms with van der Waals surface area (Å²) in [4.78, 5) is 3.91. The van der Waals surface area contributed by atoms with Gasteiger partial charge in [0.15, 0.2) is 0 Å². The second-order valence-electron chi connectivity index (χ2n) is 2.45. The summed E-state index contributed by atoms with van der Waals surface area (Å²) in [5.74, 6) is 0.649. The normalized spacial score (nSPS) is 12.6. The first-order chi connectivity index (χ1) is 5.77. The highest BCUT2D eigenvalue weighted by molar-refractivity contribution is 5.25. The second-order valence-corrected chi connectivity index (χ2v) is 2.45. The van der Waals surface area contributed by atoms with Gasteiger partial charge in [0.1, 0.15) is 5.75 Å². The Labute approximate surface area is 71.0 Å². The number of aliphatic hydroxyl groups is 1. The molecule has 1 heterocycles. The largest absolute Gasteiger partial charge is 0.495 e. The predicted octanol–water partition coefficient (Wildman–Crippen LogP) is 0.0823. The topological polar surface area (TPSA) is 68.4 Å². The van der Waals surface area contributed by atoms with Gasteiger partial charge in [0.25, 0.3) is 0 Å². The van der Waals surface area contributed by atoms with Crippen molar-refractivity contribution in [3.05, 3.63) is 24.0 Å². The molecule has 66 valence electrons. The monoisotopic (exact) mass is 168 g/mol. The Morgan fingerprint density at radius 1 is 1.67 bits per heavy atom. The van der Waals surface area contributed by atoms with Gasteiger partial charge in [-0.3, -0.25) is 4.98 Å². The lowest BCUT2D eigenvalue weighted by Gasteiger charge is -2.08. The van der Waals surface area contributed by atoms with E-state index in [9.17, 15) is 0 Å². The molecule has 1 rings (SSSR count). The summed E-state index contributed by atoms with van der Waals surface area (Å²) >= 11 is 0. The van der Waals surface area contributed by atoms with Crippen molar-refractivity contribution in [3.8, 4) is 5.75 Å². The van der Waals surface area contributed by atoms with Crippen LogP contribution in [-0.4, -0.2) is 23.8 Å². The number of nitrogens with zero attached hydrogens (tertiary/aromatic N) is 1. The lowest BCUT2D eigenvalue weighted by Crippen LogP contribution is -2.14. The third kappa shape index (κ3) is 1.93. The van der Waals surface area contributed by atoms with Gasteiger partial charge in [-0.25, -0.2) is 0 Å². The quantitative estimate of drug-likeness (QED) is 0.670. The lowest BCUT2D eigenvalue weighted by atomic mass is 10.1. The molecule has 0 saturated heterocycles. The van der Waals surface area contributed by atoms with E-state index >= 15 is 0 Å². The van der Waals surface area contributed by atoms with Gasteiger partial charge < -0.3 is 15.6 Å². The van der Waals surface area contributed by atoms with Crippen LogP contribution in [0.15, 0.2) is 18.5 Å². The molecular weight excluding hydrogens is 156 g/mol. The van der Waals surface area contributed by atoms with Crippen LogP contribution in [0.5, 0.6) is 5.75 Å². The third-order valence-corrected chi connectivity index (χ3v) is 1.59. The average molecular weight is 168 g/mol. The zero-order valence-electron chi connectivity index (χ0n) is 6.90. The minimum Gasteiger partial charge on any atom is -0.495 e. The standard InChI is InChI=1S/C8H12N2O2/c1-12-7-2-6(3-10-4-7)8(9)5-11/h2-4,8,11H,5,9H2,1H3/t8-/m1/s1. The highest BCUT2D eigenvalue weighted by atomic mass is 16.5. The van der Waals surface area contributed by atoms with Crippen LogP contribution >= 0.6 is 0 Å². The number of aliphatic hydroxyl groups excluding tert-OH is 1. The van der Waals surface area contributed by atoms with E-state index in [1.807, 2.05) is 0 Å². The van der Waals surface area contributed by atoms with Gasteiger partial charge in [0.05, 0.1) is 26.0 Å². The molecule has 0 spiro atoms. The first-order valence-corrected chi connectivity index (χ1v) is 3.63. The van der Waals surface area contributed by atoms with E-state index in [4.69, 9.17) is 15.6 Å². The van der Waals surface area contributed by atoms with Gasteiger partial charge in [-0.15, -0.1) is 0 Å². The van der Waals surface area contributed by atoms with Crippen LogP contribution in [0.3, 0.4) is 0 Å². The Morgan fingerprint density at radius 3 is 3.00 bits per heavy atom. The summed E-state index contributed by atoms with van der Waals surface area (Å²) in [5.41, 5.74) is 6.35. The van der Waals surface area contributed by atoms with E-state index in [2.05, 4.69) is 4.98 Å². The zero-order valence-corrected chi connectivity index (χ0v) is 6.90. The molecule has 4 heteroatoms. The SMILES string of the molecule is COc1cncc([C@H](N)CO)c1. The molecule has 0 aromatic carbocycles. The Bertz CT molecular complexity index is 253. The molecule has 0 unspecified atom stereocenters. The van der Waals surface area contributed by atoms with Crippen molar-refractivity contribution in [2.45, 2.75) is 6.04 Å². The van der Waals surface area contributed by atoms with Gasteiger partial charge >= 0.3 is 0 Å². The number of ether oxygens (including phenoxy) is 1. The maximum Gasteiger partial charge on any atom is 0.137 e. The highest BCUT2D eigenvalue weighted by Crippen LogP contribution is 2.14. The number of rotatable bonds is 3. The number of hydrogen-bond acceptors (Lipinski definition) is 4. The predicted molar refractivity (Wildman–Crippen MR) is 44.8 cm³/mol. The first kappa shape index (κ1) is 8.96. The first-order valence-electron chi connectivity index (χ1n) is 3.63. The van der Waals surface area contributed by atoms with E-state index in [0.717, 1.165) is 5.56 Å². The Kier molecular flexibility index (Phi) is 3.01. The molecule has 0 aliphatic carbocycles. The van der Waals surface area contributed by atoms with Crippen molar-refractivity contribution in [1.82, 2.24) is 4.98 Å². The van der Waals surface area contributed by atoms with E-state index in [0.29, 0.717) is 5.75 Å². The van der Waals surface area contributed by atoms with Gasteiger partial charge in [-0.2, -0.15) is 0 Å². The van der Waals surface area contributed by atoms with E-state index in [1.165, 1.54) is 0 Å². The van der Waals surface area contributed by atoms with Crippen LogP contribution in [0, 0.1) is 0 Å². The van der Waals surface area contributed by atoms with Crippen LogP contribution in [0.25, 0.3) is 0 Å². The third-order valence-electron chi connectivity index (χ3n) is 1.59. The smallest absolute Gasteiger partial charge is 0.137 e. The van der Waals surface area contributed by atoms with Crippen LogP contribution in [-0.2, 0) is 0 Å². The van der Waals surface area contributed by atoms with Gasteiger partial charge in [0.2, 0.25) is 0 Å². The molecule has 0 fully saturated rings. The summed E-state index contributed by atoms with van der Waals surface area (Å²) in [5, 5.41) is 8.76. The molecule has 1 atom stereocenters. The van der Waals surface area contributed by atoms with Crippen LogP contribution in [0.1, 0.15) is 11.6 Å². The molecule has 0 aliphatic heterocycles. The number of pyridine rings is 1. The van der Waals surface area contributed by atoms with Crippen molar-refractivity contribution < 1.29 is 9.84 Å². The molecule has 4 nitrogen and oxygen atoms in total. The number of nitrogens with two attached hydrogens (primary N) is 1. The van der Waals surface area contributed by atoms with E-state index in [-0.39, 0.29) is 12.6 Å². The molecule has 1 aromatic heterocycles. The Hall–Kier alpha value is -1.13. The lowest BCUT2D eigenvalue weighted by molar-refractivity contribution is 0.267. The maximum atomic E-state index is 8.76. The Morgan fingerprint density at radius 2 is 2.42 bits per heavy atom. The highest BCUT2D eigenvalue weighted by Gasteiger charge is 2.04. The molecular formula is C8H12N2O2. The zero-order chi connectivity index (χ0) is 8.97. The minimum absolute atomic E-state index is 0.0884. The fourth-order valence-corrected chi connectivity index (χ4v) is 0.855. The van der Waals surface area contributed by atoms with Crippen molar-refractivity contribution in [2.24, 2.45) is 5.73 Å². The fourth-order valence-electron chi connectivity index (χ4n) is 0.855. The number of methoxy groups -OCH3 is 1. The van der Waals surface area contributed by atoms with E-state index in [1.54, 1.807) is 25.6 Å². The summed E-state index contributed by atoms with van der Waals surface area (Å²) in [6, 6.07) is 1.38. The van der Waals surface area contributed by atoms with Gasteiger partial charge in [-0.05, 0) is 11.6 Å². The van der Waals surface area contributed by atoms with E-state index < -0.39 is 0 Å². The molecule has 1 aromatic rings. The average Bonchev–Trinajstić information content (AvgIpc) is 2.17. The number of hydrogen-bond donors (Lipinski definition) is 2. The summed E-state index contributed by atoms with van der Waals surface area (Å²) in [6.45, 7) is -0.0884. The second kappa shape index (κ2) is 4.04. The summed E-state index contributed by atoms with van der Waals surface area (Å²) in [6.07, 6.45) is 3.21. The molecule has 0 bridgehead atoms. The minimum atomic E-state index is -0.382. The summed E-state index contributed by atoms with van der Waals surface area (Å²) < 4.78 is 4.95. The molecule has 12 heavy (non-hydrogen) atoms. The molecule has 0 saturated carbocycles. The molecule has 0 amide bonds.